The summed E-state index contributed by atoms with van der Waals surface area (Å²) in [6, 6.07) is 26.2. The van der Waals surface area contributed by atoms with Crippen LogP contribution in [0.3, 0.4) is 0 Å². The second kappa shape index (κ2) is 15.7. The minimum atomic E-state index is -4.38. The average molecular weight is 673 g/mol. The van der Waals surface area contributed by atoms with Gasteiger partial charge in [0.15, 0.2) is 0 Å². The van der Waals surface area contributed by atoms with E-state index in [0.717, 1.165) is 54.1 Å². The van der Waals surface area contributed by atoms with Crippen LogP contribution >= 0.6 is 0 Å². The van der Waals surface area contributed by atoms with Gasteiger partial charge < -0.3 is 10.2 Å². The van der Waals surface area contributed by atoms with Crippen LogP contribution in [0.1, 0.15) is 43.2 Å². The molecule has 0 radical (unpaired) electrons. The Hall–Kier alpha value is -5.10. The number of nitrogens with zero attached hydrogens (tertiary/aromatic N) is 3. The minimum absolute atomic E-state index is 0.00918. The predicted molar refractivity (Wildman–Crippen MR) is 180 cm³/mol. The van der Waals surface area contributed by atoms with E-state index in [9.17, 15) is 28.1 Å². The van der Waals surface area contributed by atoms with Gasteiger partial charge in [-0.05, 0) is 48.7 Å². The second-order valence-corrected chi connectivity index (χ2v) is 13.6. The SMILES string of the molecule is O=C(NC1CCCCC1)C(Cc1ccccc1)N(Cc1ccccc1F)C(=O)CN(c1ccc([N+](=O)[O-])cc1)S(=O)(=O)c1ccccc1. The zero-order chi connectivity index (χ0) is 34.1. The number of nitro benzene ring substituents is 1. The number of sulfonamides is 1. The third-order valence-corrected chi connectivity index (χ3v) is 10.3. The number of halogens is 1. The lowest BCUT2D eigenvalue weighted by molar-refractivity contribution is -0.384. The van der Waals surface area contributed by atoms with E-state index in [1.54, 1.807) is 24.3 Å². The molecule has 1 unspecified atom stereocenters. The number of hydrogen-bond donors (Lipinski definition) is 1. The van der Waals surface area contributed by atoms with Gasteiger partial charge in [-0.1, -0.05) is 86.0 Å². The van der Waals surface area contributed by atoms with E-state index < -0.39 is 45.2 Å². The molecule has 0 aliphatic heterocycles. The summed E-state index contributed by atoms with van der Waals surface area (Å²) >= 11 is 0. The Labute approximate surface area is 279 Å². The lowest BCUT2D eigenvalue weighted by atomic mass is 9.94. The largest absolute Gasteiger partial charge is 0.352 e. The van der Waals surface area contributed by atoms with E-state index in [-0.39, 0.29) is 40.8 Å². The number of amides is 2. The third-order valence-electron chi connectivity index (χ3n) is 8.48. The maximum Gasteiger partial charge on any atom is 0.269 e. The molecular formula is C36H37FN4O6S. The van der Waals surface area contributed by atoms with Gasteiger partial charge in [-0.2, -0.15) is 0 Å². The van der Waals surface area contributed by atoms with E-state index in [1.807, 2.05) is 30.3 Å². The molecule has 1 fully saturated rings. The first kappa shape index (κ1) is 34.2. The maximum atomic E-state index is 15.1. The van der Waals surface area contributed by atoms with E-state index in [0.29, 0.717) is 0 Å². The summed E-state index contributed by atoms with van der Waals surface area (Å²) in [6.07, 6.45) is 4.71. The van der Waals surface area contributed by atoms with Crippen molar-refractivity contribution < 1.29 is 27.3 Å². The van der Waals surface area contributed by atoms with Crippen LogP contribution in [0.4, 0.5) is 15.8 Å². The van der Waals surface area contributed by atoms with Gasteiger partial charge in [0.2, 0.25) is 11.8 Å². The van der Waals surface area contributed by atoms with Crippen molar-refractivity contribution in [2.75, 3.05) is 10.8 Å². The summed E-state index contributed by atoms with van der Waals surface area (Å²) in [6.45, 7) is -1.06. The molecule has 250 valence electrons. The average Bonchev–Trinajstić information content (AvgIpc) is 3.10. The van der Waals surface area contributed by atoms with Crippen LogP contribution in [-0.4, -0.2) is 48.7 Å². The summed E-state index contributed by atoms with van der Waals surface area (Å²) in [5.74, 6) is -1.75. The molecule has 48 heavy (non-hydrogen) atoms. The lowest BCUT2D eigenvalue weighted by Crippen LogP contribution is -2.55. The highest BCUT2D eigenvalue weighted by Crippen LogP contribution is 2.27. The Morgan fingerprint density at radius 2 is 1.46 bits per heavy atom. The maximum absolute atomic E-state index is 15.1. The van der Waals surface area contributed by atoms with Gasteiger partial charge >= 0.3 is 0 Å². The lowest BCUT2D eigenvalue weighted by Gasteiger charge is -2.35. The van der Waals surface area contributed by atoms with Crippen LogP contribution in [0.2, 0.25) is 0 Å². The summed E-state index contributed by atoms with van der Waals surface area (Å²) in [4.78, 5) is 40.5. The number of hydrogen-bond acceptors (Lipinski definition) is 6. The van der Waals surface area contributed by atoms with Crippen LogP contribution < -0.4 is 9.62 Å². The number of anilines is 1. The van der Waals surface area contributed by atoms with Gasteiger partial charge in [-0.15, -0.1) is 0 Å². The minimum Gasteiger partial charge on any atom is -0.352 e. The molecule has 0 bridgehead atoms. The Bertz CT molecular complexity index is 1820. The second-order valence-electron chi connectivity index (χ2n) is 11.8. The van der Waals surface area contributed by atoms with Crippen molar-refractivity contribution in [3.63, 3.8) is 0 Å². The molecule has 1 N–H and O–H groups in total. The van der Waals surface area contributed by atoms with Crippen LogP contribution in [0, 0.1) is 15.9 Å². The normalized spacial score (nSPS) is 14.1. The van der Waals surface area contributed by atoms with Crippen molar-refractivity contribution in [1.82, 2.24) is 10.2 Å². The van der Waals surface area contributed by atoms with Gasteiger partial charge in [0.25, 0.3) is 15.7 Å². The molecule has 10 nitrogen and oxygen atoms in total. The van der Waals surface area contributed by atoms with Crippen LogP contribution in [0.25, 0.3) is 0 Å². The first-order valence-corrected chi connectivity index (χ1v) is 17.3. The van der Waals surface area contributed by atoms with Gasteiger partial charge in [0.1, 0.15) is 18.4 Å². The Morgan fingerprint density at radius 3 is 2.08 bits per heavy atom. The number of rotatable bonds is 13. The fraction of sp³-hybridized carbons (Fsp3) is 0.278. The fourth-order valence-electron chi connectivity index (χ4n) is 5.90. The number of carbonyl (C=O) groups is 2. The topological polar surface area (TPSA) is 130 Å². The summed E-state index contributed by atoms with van der Waals surface area (Å²) in [5.41, 5.74) is 0.666. The van der Waals surface area contributed by atoms with Crippen molar-refractivity contribution in [2.24, 2.45) is 0 Å². The first-order valence-electron chi connectivity index (χ1n) is 15.8. The Morgan fingerprint density at radius 1 is 0.854 bits per heavy atom. The van der Waals surface area contributed by atoms with Crippen molar-refractivity contribution in [3.8, 4) is 0 Å². The zero-order valence-electron chi connectivity index (χ0n) is 26.3. The predicted octanol–water partition coefficient (Wildman–Crippen LogP) is 6.02. The van der Waals surface area contributed by atoms with Crippen LogP contribution in [-0.2, 0) is 32.6 Å². The van der Waals surface area contributed by atoms with Crippen molar-refractivity contribution >= 4 is 33.2 Å². The molecule has 5 rings (SSSR count). The monoisotopic (exact) mass is 672 g/mol. The summed E-state index contributed by atoms with van der Waals surface area (Å²) < 4.78 is 44.1. The number of non-ortho nitro benzene ring substituents is 1. The van der Waals surface area contributed by atoms with Crippen molar-refractivity contribution in [1.29, 1.82) is 0 Å². The summed E-state index contributed by atoms with van der Waals surface area (Å²) in [5, 5.41) is 14.5. The number of nitrogens with one attached hydrogen (secondary N) is 1. The molecule has 1 saturated carbocycles. The Balaban J connectivity index is 1.57. The quantitative estimate of drug-likeness (QED) is 0.137. The van der Waals surface area contributed by atoms with Gasteiger partial charge in [-0.3, -0.25) is 24.0 Å². The first-order chi connectivity index (χ1) is 23.1. The van der Waals surface area contributed by atoms with E-state index in [4.69, 9.17) is 0 Å². The molecule has 0 aromatic heterocycles. The highest BCUT2D eigenvalue weighted by molar-refractivity contribution is 7.92. The highest BCUT2D eigenvalue weighted by Gasteiger charge is 2.36. The molecular weight excluding hydrogens is 635 g/mol. The molecule has 0 heterocycles. The molecule has 1 atom stereocenters. The molecule has 2 amide bonds. The van der Waals surface area contributed by atoms with Gasteiger partial charge in [0, 0.05) is 36.7 Å². The molecule has 0 saturated heterocycles. The fourth-order valence-corrected chi connectivity index (χ4v) is 7.33. The molecule has 12 heteroatoms. The molecule has 4 aromatic rings. The number of nitro groups is 1. The van der Waals surface area contributed by atoms with Crippen LogP contribution in [0.5, 0.6) is 0 Å². The molecule has 1 aliphatic rings. The van der Waals surface area contributed by atoms with Crippen LogP contribution in [0.15, 0.2) is 114 Å². The zero-order valence-corrected chi connectivity index (χ0v) is 27.1. The van der Waals surface area contributed by atoms with Gasteiger partial charge in [0.05, 0.1) is 15.5 Å². The Kier molecular flexibility index (Phi) is 11.2. The van der Waals surface area contributed by atoms with Crippen molar-refractivity contribution in [2.45, 2.75) is 62.0 Å². The number of carbonyl (C=O) groups excluding carboxylic acids is 2. The molecule has 0 spiro atoms. The van der Waals surface area contributed by atoms with Crippen molar-refractivity contribution in [3.05, 3.63) is 136 Å². The van der Waals surface area contributed by atoms with E-state index >= 15 is 4.39 Å². The van der Waals surface area contributed by atoms with E-state index in [2.05, 4.69) is 5.32 Å². The number of benzene rings is 4. The smallest absolute Gasteiger partial charge is 0.269 e. The molecule has 4 aromatic carbocycles. The van der Waals surface area contributed by atoms with Gasteiger partial charge in [-0.25, -0.2) is 12.8 Å². The van der Waals surface area contributed by atoms with E-state index in [1.165, 1.54) is 47.4 Å². The third kappa shape index (κ3) is 8.43. The standard InChI is InChI=1S/C36H37FN4O6S/c37-33-19-11-10-14-28(33)25-39(34(24-27-12-4-1-5-13-27)36(43)38-29-15-6-2-7-16-29)35(42)26-40(30-20-22-31(23-21-30)41(44)45)48(46,47)32-17-8-3-9-18-32/h1,3-5,8-14,17-23,29,34H,2,6-7,15-16,24-26H2,(H,38,43). The highest BCUT2D eigenvalue weighted by atomic mass is 32.2. The molecule has 1 aliphatic carbocycles. The summed E-state index contributed by atoms with van der Waals surface area (Å²) in [7, 11) is -4.38.